The van der Waals surface area contributed by atoms with E-state index in [1.165, 1.54) is 0 Å². The smallest absolute Gasteiger partial charge is 0.232 e. The minimum Gasteiger partial charge on any atom is -0.497 e. The Labute approximate surface area is 272 Å². The Hall–Kier alpha value is -5.60. The summed E-state index contributed by atoms with van der Waals surface area (Å²) < 4.78 is 10.7. The van der Waals surface area contributed by atoms with Crippen molar-refractivity contribution in [3.8, 4) is 34.3 Å². The summed E-state index contributed by atoms with van der Waals surface area (Å²) in [5, 5.41) is 6.61. The second kappa shape index (κ2) is 14.0. The first-order chi connectivity index (χ1) is 22.5. The van der Waals surface area contributed by atoms with Crippen molar-refractivity contribution in [1.82, 2.24) is 29.9 Å². The Morgan fingerprint density at radius 1 is 0.522 bits per heavy atom. The zero-order chi connectivity index (χ0) is 31.9. The number of ether oxygens (including phenoxy) is 2. The highest BCUT2D eigenvalue weighted by Gasteiger charge is 2.14. The lowest BCUT2D eigenvalue weighted by Crippen LogP contribution is -2.05. The number of benzene rings is 4. The van der Waals surface area contributed by atoms with E-state index >= 15 is 0 Å². The topological polar surface area (TPSA) is 172 Å². The first kappa shape index (κ1) is 30.4. The molecule has 0 unspecified atom stereocenters. The van der Waals surface area contributed by atoms with Gasteiger partial charge in [-0.3, -0.25) is 0 Å². The third-order valence-electron chi connectivity index (χ3n) is 6.45. The fourth-order valence-electron chi connectivity index (χ4n) is 4.29. The molecule has 0 bridgehead atoms. The molecular formula is C32H28N10O2S2. The van der Waals surface area contributed by atoms with E-state index in [0.29, 0.717) is 35.0 Å². The molecule has 14 heteroatoms. The van der Waals surface area contributed by atoms with Crippen molar-refractivity contribution in [2.45, 2.75) is 9.79 Å². The van der Waals surface area contributed by atoms with Gasteiger partial charge >= 0.3 is 0 Å². The SMILES string of the molecule is COc1cccc(-c2nc(N)nc(Nc3ccccc3SSc3ccccc3Nc3nc(N)nc(-c4cccc(OC)c4)n3)n2)c1. The lowest BCUT2D eigenvalue weighted by molar-refractivity contribution is 0.415. The van der Waals surface area contributed by atoms with Crippen LogP contribution in [-0.2, 0) is 0 Å². The Balaban J connectivity index is 1.21. The molecule has 0 aliphatic carbocycles. The molecule has 0 spiro atoms. The molecule has 6 rings (SSSR count). The van der Waals surface area contributed by atoms with Crippen molar-refractivity contribution in [3.63, 3.8) is 0 Å². The van der Waals surface area contributed by atoms with Gasteiger partial charge in [0, 0.05) is 20.9 Å². The third-order valence-corrected chi connectivity index (χ3v) is 8.93. The van der Waals surface area contributed by atoms with Crippen LogP contribution in [0.1, 0.15) is 0 Å². The molecule has 230 valence electrons. The first-order valence-corrected chi connectivity index (χ1v) is 16.0. The Morgan fingerprint density at radius 3 is 1.39 bits per heavy atom. The summed E-state index contributed by atoms with van der Waals surface area (Å²) in [6, 6.07) is 30.6. The fourth-order valence-corrected chi connectivity index (χ4v) is 6.57. The Morgan fingerprint density at radius 2 is 0.957 bits per heavy atom. The molecular weight excluding hydrogens is 621 g/mol. The van der Waals surface area contributed by atoms with Gasteiger partial charge in [-0.1, -0.05) is 70.1 Å². The van der Waals surface area contributed by atoms with Gasteiger partial charge in [0.25, 0.3) is 0 Å². The number of hydrogen-bond acceptors (Lipinski definition) is 14. The van der Waals surface area contributed by atoms with E-state index in [-0.39, 0.29) is 11.9 Å². The predicted octanol–water partition coefficient (Wildman–Crippen LogP) is 6.86. The normalized spacial score (nSPS) is 10.7. The molecule has 0 saturated carbocycles. The minimum atomic E-state index is 0.100. The van der Waals surface area contributed by atoms with Gasteiger partial charge in [-0.25, -0.2) is 0 Å². The molecule has 46 heavy (non-hydrogen) atoms. The molecule has 2 aromatic heterocycles. The average Bonchev–Trinajstić information content (AvgIpc) is 3.08. The summed E-state index contributed by atoms with van der Waals surface area (Å²) in [6.45, 7) is 0. The average molecular weight is 649 g/mol. The summed E-state index contributed by atoms with van der Waals surface area (Å²) in [6.07, 6.45) is 0. The van der Waals surface area contributed by atoms with Crippen molar-refractivity contribution in [2.24, 2.45) is 0 Å². The molecule has 0 aliphatic rings. The molecule has 0 fully saturated rings. The van der Waals surface area contributed by atoms with Crippen LogP contribution in [0.4, 0.5) is 35.2 Å². The van der Waals surface area contributed by atoms with E-state index in [1.54, 1.807) is 35.8 Å². The van der Waals surface area contributed by atoms with E-state index in [4.69, 9.17) is 20.9 Å². The molecule has 12 nitrogen and oxygen atoms in total. The molecule has 4 aromatic carbocycles. The first-order valence-electron chi connectivity index (χ1n) is 13.9. The van der Waals surface area contributed by atoms with Gasteiger partial charge in [0.15, 0.2) is 11.6 Å². The van der Waals surface area contributed by atoms with Crippen molar-refractivity contribution in [1.29, 1.82) is 0 Å². The fraction of sp³-hybridized carbons (Fsp3) is 0.0625. The van der Waals surface area contributed by atoms with Crippen molar-refractivity contribution < 1.29 is 9.47 Å². The zero-order valence-corrected chi connectivity index (χ0v) is 26.3. The summed E-state index contributed by atoms with van der Waals surface area (Å²) in [5.41, 5.74) is 15.3. The monoisotopic (exact) mass is 648 g/mol. The number of rotatable bonds is 11. The molecule has 0 saturated heterocycles. The van der Waals surface area contributed by atoms with Crippen LogP contribution in [0.2, 0.25) is 0 Å². The molecule has 6 N–H and O–H groups in total. The van der Waals surface area contributed by atoms with Gasteiger partial charge in [0.1, 0.15) is 11.5 Å². The van der Waals surface area contributed by atoms with Gasteiger partial charge in [0.2, 0.25) is 23.8 Å². The molecule has 2 heterocycles. The molecule has 6 aromatic rings. The molecule has 0 radical (unpaired) electrons. The zero-order valence-electron chi connectivity index (χ0n) is 24.7. The lowest BCUT2D eigenvalue weighted by atomic mass is 10.2. The van der Waals surface area contributed by atoms with Crippen molar-refractivity contribution in [3.05, 3.63) is 97.1 Å². The van der Waals surface area contributed by atoms with Crippen molar-refractivity contribution >= 4 is 56.8 Å². The predicted molar refractivity (Wildman–Crippen MR) is 184 cm³/mol. The maximum atomic E-state index is 6.06. The van der Waals surface area contributed by atoms with E-state index in [9.17, 15) is 0 Å². The number of nitrogens with one attached hydrogen (secondary N) is 2. The van der Waals surface area contributed by atoms with E-state index in [1.807, 2.05) is 97.1 Å². The summed E-state index contributed by atoms with van der Waals surface area (Å²) in [4.78, 5) is 28.4. The van der Waals surface area contributed by atoms with Gasteiger partial charge in [-0.15, -0.1) is 0 Å². The van der Waals surface area contributed by atoms with Gasteiger partial charge < -0.3 is 31.6 Å². The Kier molecular flexibility index (Phi) is 9.27. The number of nitrogen functional groups attached to an aromatic ring is 2. The van der Waals surface area contributed by atoms with Crippen LogP contribution in [0, 0.1) is 0 Å². The second-order valence-corrected chi connectivity index (χ2v) is 11.8. The van der Waals surface area contributed by atoms with Crippen LogP contribution >= 0.6 is 21.6 Å². The molecule has 0 aliphatic heterocycles. The number of para-hydroxylation sites is 2. The van der Waals surface area contributed by atoms with Crippen LogP contribution < -0.4 is 31.6 Å². The van der Waals surface area contributed by atoms with E-state index in [0.717, 1.165) is 32.3 Å². The maximum Gasteiger partial charge on any atom is 0.232 e. The summed E-state index contributed by atoms with van der Waals surface area (Å²) >= 11 is 0. The summed E-state index contributed by atoms with van der Waals surface area (Å²) in [7, 11) is 6.35. The number of methoxy groups -OCH3 is 2. The standard InChI is InChI=1S/C32H28N10O2S2/c1-43-21-11-7-9-19(17-21)27-37-29(33)41-31(39-27)35-23-13-3-5-15-25(23)45-46-26-16-6-4-14-24(26)36-32-40-28(38-30(34)42-32)20-10-8-12-22(18-20)44-2/h3-18H,1-2H3,(H3,33,35,37,39,41)(H3,34,36,38,40,42). The minimum absolute atomic E-state index is 0.100. The Bertz CT molecular complexity index is 1850. The highest BCUT2D eigenvalue weighted by Crippen LogP contribution is 2.44. The highest BCUT2D eigenvalue weighted by atomic mass is 33.1. The largest absolute Gasteiger partial charge is 0.497 e. The summed E-state index contributed by atoms with van der Waals surface area (Å²) in [5.74, 6) is 3.09. The van der Waals surface area contributed by atoms with Gasteiger partial charge in [-0.05, 0) is 48.5 Å². The van der Waals surface area contributed by atoms with Gasteiger partial charge in [0.05, 0.1) is 25.6 Å². The molecule has 0 atom stereocenters. The van der Waals surface area contributed by atoms with Crippen LogP contribution in [0.5, 0.6) is 11.5 Å². The highest BCUT2D eigenvalue weighted by molar-refractivity contribution is 8.76. The van der Waals surface area contributed by atoms with Crippen LogP contribution in [0.15, 0.2) is 107 Å². The number of anilines is 6. The van der Waals surface area contributed by atoms with E-state index in [2.05, 4.69) is 40.5 Å². The van der Waals surface area contributed by atoms with Crippen LogP contribution in [-0.4, -0.2) is 44.1 Å². The van der Waals surface area contributed by atoms with E-state index < -0.39 is 0 Å². The van der Waals surface area contributed by atoms with Crippen LogP contribution in [0.3, 0.4) is 0 Å². The van der Waals surface area contributed by atoms with Crippen LogP contribution in [0.25, 0.3) is 22.8 Å². The second-order valence-electron chi connectivity index (χ2n) is 9.55. The lowest BCUT2D eigenvalue weighted by Gasteiger charge is -2.13. The number of nitrogens with zero attached hydrogens (tertiary/aromatic N) is 6. The number of hydrogen-bond donors (Lipinski definition) is 4. The van der Waals surface area contributed by atoms with Gasteiger partial charge in [-0.2, -0.15) is 29.9 Å². The third kappa shape index (κ3) is 7.36. The quantitative estimate of drug-likeness (QED) is 0.107. The number of aromatic nitrogens is 6. The number of nitrogens with two attached hydrogens (primary N) is 2. The maximum absolute atomic E-state index is 6.06. The van der Waals surface area contributed by atoms with Crippen molar-refractivity contribution in [2.75, 3.05) is 36.3 Å². The molecule has 0 amide bonds.